The van der Waals surface area contributed by atoms with Crippen LogP contribution in [0.15, 0.2) is 48.7 Å². The zero-order chi connectivity index (χ0) is 21.9. The largest absolute Gasteiger partial charge is 0.502 e. The first-order valence-corrected chi connectivity index (χ1v) is 9.87. The summed E-state index contributed by atoms with van der Waals surface area (Å²) < 4.78 is 51.3. The fraction of sp³-hybridized carbons (Fsp3) is 0.304. The molecule has 3 rings (SSSR count). The van der Waals surface area contributed by atoms with Crippen molar-refractivity contribution in [2.24, 2.45) is 0 Å². The molecule has 0 fully saturated rings. The number of hydrogen-bond donors (Lipinski definition) is 1. The topological polar surface area (TPSA) is 30.5 Å². The fourth-order valence-electron chi connectivity index (χ4n) is 3.39. The molecule has 0 radical (unpaired) electrons. The molecule has 3 nitrogen and oxygen atoms in total. The highest BCUT2D eigenvalue weighted by Crippen LogP contribution is 2.39. The van der Waals surface area contributed by atoms with Crippen molar-refractivity contribution in [1.29, 1.82) is 0 Å². The van der Waals surface area contributed by atoms with Crippen molar-refractivity contribution in [3.05, 3.63) is 70.4 Å². The van der Waals surface area contributed by atoms with E-state index in [0.29, 0.717) is 30.0 Å². The highest BCUT2D eigenvalue weighted by molar-refractivity contribution is 6.32. The van der Waals surface area contributed by atoms with Crippen molar-refractivity contribution in [1.82, 2.24) is 0 Å². The van der Waals surface area contributed by atoms with Gasteiger partial charge >= 0.3 is 6.18 Å². The van der Waals surface area contributed by atoms with E-state index in [1.54, 1.807) is 20.1 Å². The molecule has 0 saturated heterocycles. The Hall–Kier alpha value is -2.60. The van der Waals surface area contributed by atoms with Gasteiger partial charge in [-0.15, -0.1) is 0 Å². The Bertz CT molecular complexity index is 969. The minimum atomic E-state index is -4.48. The average molecular weight is 438 g/mol. The number of fused-ring (bicyclic) bond motifs is 1. The van der Waals surface area contributed by atoms with Crippen molar-refractivity contribution in [2.45, 2.75) is 32.0 Å². The van der Waals surface area contributed by atoms with Crippen LogP contribution >= 0.6 is 11.6 Å². The summed E-state index contributed by atoms with van der Waals surface area (Å²) in [6.07, 6.45) is -1.33. The zero-order valence-corrected chi connectivity index (χ0v) is 17.5. The molecule has 0 amide bonds. The zero-order valence-electron chi connectivity index (χ0n) is 16.8. The maximum atomic E-state index is 13.4. The summed E-state index contributed by atoms with van der Waals surface area (Å²) in [4.78, 5) is 0. The quantitative estimate of drug-likeness (QED) is 0.388. The van der Waals surface area contributed by atoms with Crippen LogP contribution in [0.3, 0.4) is 0 Å². The van der Waals surface area contributed by atoms with Crippen LogP contribution in [0.4, 0.5) is 18.9 Å². The van der Waals surface area contributed by atoms with Crippen molar-refractivity contribution < 1.29 is 22.6 Å². The van der Waals surface area contributed by atoms with E-state index < -0.39 is 11.7 Å². The molecule has 2 aromatic rings. The Morgan fingerprint density at radius 2 is 2.10 bits per heavy atom. The number of benzene rings is 2. The lowest BCUT2D eigenvalue weighted by Crippen LogP contribution is -2.30. The number of anilines is 1. The van der Waals surface area contributed by atoms with Gasteiger partial charge in [-0.2, -0.15) is 13.2 Å². The lowest BCUT2D eigenvalue weighted by Gasteiger charge is -2.28. The third-order valence-corrected chi connectivity index (χ3v) is 5.26. The summed E-state index contributed by atoms with van der Waals surface area (Å²) in [5.41, 5.74) is 1.23. The molecular formula is C23H23ClF3NO2. The predicted octanol–water partition coefficient (Wildman–Crippen LogP) is 7.03. The van der Waals surface area contributed by atoms with E-state index in [9.17, 15) is 13.2 Å². The third kappa shape index (κ3) is 5.11. The van der Waals surface area contributed by atoms with Crippen LogP contribution in [0.25, 0.3) is 11.6 Å². The summed E-state index contributed by atoms with van der Waals surface area (Å²) in [5, 5.41) is 3.39. The van der Waals surface area contributed by atoms with Crippen molar-refractivity contribution in [3.8, 4) is 5.75 Å². The molecule has 1 heterocycles. The van der Waals surface area contributed by atoms with Gasteiger partial charge in [0.15, 0.2) is 0 Å². The number of nitrogens with one attached hydrogen (secondary N) is 1. The van der Waals surface area contributed by atoms with Crippen molar-refractivity contribution in [2.75, 3.05) is 19.0 Å². The number of rotatable bonds is 6. The van der Waals surface area contributed by atoms with Crippen LogP contribution in [0.5, 0.6) is 5.75 Å². The molecule has 1 aliphatic rings. The van der Waals surface area contributed by atoms with E-state index in [1.165, 1.54) is 12.1 Å². The molecule has 160 valence electrons. The van der Waals surface area contributed by atoms with Gasteiger partial charge in [0.1, 0.15) is 11.9 Å². The van der Waals surface area contributed by atoms with Crippen LogP contribution in [0.1, 0.15) is 36.5 Å². The number of hydrogen-bond acceptors (Lipinski definition) is 3. The number of halogens is 4. The molecule has 1 aliphatic heterocycles. The van der Waals surface area contributed by atoms with Crippen LogP contribution in [-0.4, -0.2) is 19.8 Å². The predicted molar refractivity (Wildman–Crippen MR) is 115 cm³/mol. The molecule has 0 saturated carbocycles. The molecule has 0 aliphatic carbocycles. The van der Waals surface area contributed by atoms with Gasteiger partial charge in [-0.3, -0.25) is 0 Å². The molecule has 7 heteroatoms. The first-order valence-electron chi connectivity index (χ1n) is 9.49. The smallest absolute Gasteiger partial charge is 0.417 e. The van der Waals surface area contributed by atoms with E-state index in [4.69, 9.17) is 21.1 Å². The molecule has 1 atom stereocenters. The number of alkyl halides is 3. The summed E-state index contributed by atoms with van der Waals surface area (Å²) in [6, 6.07) is 9.29. The van der Waals surface area contributed by atoms with E-state index in [1.807, 2.05) is 18.2 Å². The van der Waals surface area contributed by atoms with Crippen molar-refractivity contribution >= 4 is 28.9 Å². The summed E-state index contributed by atoms with van der Waals surface area (Å²) in [5.74, 6) is 1.41. The summed E-state index contributed by atoms with van der Waals surface area (Å²) in [6.45, 7) is 6.06. The fourth-order valence-corrected chi connectivity index (χ4v) is 3.72. The van der Waals surface area contributed by atoms with Gasteiger partial charge in [0, 0.05) is 17.0 Å². The normalized spacial score (nSPS) is 16.3. The molecule has 2 aromatic carbocycles. The van der Waals surface area contributed by atoms with E-state index in [0.717, 1.165) is 23.7 Å². The SMILES string of the molecule is C=C(CC[C@H]1CNc2cc(/C=C(\C)c3c(Cl)cccc3C(F)(F)F)ccc2O1)OC. The Balaban J connectivity index is 1.81. The second kappa shape index (κ2) is 9.04. The van der Waals surface area contributed by atoms with E-state index >= 15 is 0 Å². The van der Waals surface area contributed by atoms with E-state index in [2.05, 4.69) is 11.9 Å². The van der Waals surface area contributed by atoms with Crippen LogP contribution in [-0.2, 0) is 10.9 Å². The van der Waals surface area contributed by atoms with Gasteiger partial charge in [-0.05, 0) is 48.7 Å². The monoisotopic (exact) mass is 437 g/mol. The highest BCUT2D eigenvalue weighted by Gasteiger charge is 2.34. The van der Waals surface area contributed by atoms with E-state index in [-0.39, 0.29) is 16.7 Å². The Labute approximate surface area is 179 Å². The number of ether oxygens (including phenoxy) is 2. The minimum absolute atomic E-state index is 0.00738. The highest BCUT2D eigenvalue weighted by atomic mass is 35.5. The number of methoxy groups -OCH3 is 1. The number of allylic oxidation sites excluding steroid dienone is 2. The first-order chi connectivity index (χ1) is 14.2. The minimum Gasteiger partial charge on any atom is -0.502 e. The molecule has 30 heavy (non-hydrogen) atoms. The lowest BCUT2D eigenvalue weighted by molar-refractivity contribution is -0.137. The van der Waals surface area contributed by atoms with Gasteiger partial charge in [0.05, 0.1) is 30.7 Å². The molecule has 0 aromatic heterocycles. The summed E-state index contributed by atoms with van der Waals surface area (Å²) >= 11 is 6.10. The maximum absolute atomic E-state index is 13.4. The second-order valence-corrected chi connectivity index (χ2v) is 7.55. The average Bonchev–Trinajstić information content (AvgIpc) is 2.70. The van der Waals surface area contributed by atoms with Crippen LogP contribution in [0.2, 0.25) is 5.02 Å². The standard InChI is InChI=1S/C23H23ClF3NO2/c1-14(22-18(23(25,26)27)5-4-6-19(22)24)11-16-8-10-21-20(12-16)28-13-17(30-21)9-7-15(2)29-3/h4-6,8,10-12,17,28H,2,7,9,13H2,1,3H3/b14-11+/t17-/m0/s1. The van der Waals surface area contributed by atoms with Gasteiger partial charge in [-0.25, -0.2) is 0 Å². The third-order valence-electron chi connectivity index (χ3n) is 4.95. The Kier molecular flexibility index (Phi) is 6.66. The van der Waals surface area contributed by atoms with Gasteiger partial charge in [0.2, 0.25) is 0 Å². The molecule has 0 spiro atoms. The van der Waals surface area contributed by atoms with Gasteiger partial charge in [-0.1, -0.05) is 36.4 Å². The Morgan fingerprint density at radius 3 is 2.80 bits per heavy atom. The molecule has 0 unspecified atom stereocenters. The Morgan fingerprint density at radius 1 is 1.33 bits per heavy atom. The summed E-state index contributed by atoms with van der Waals surface area (Å²) in [7, 11) is 1.59. The second-order valence-electron chi connectivity index (χ2n) is 7.15. The van der Waals surface area contributed by atoms with Crippen LogP contribution in [0, 0.1) is 0 Å². The molecule has 0 bridgehead atoms. The van der Waals surface area contributed by atoms with Gasteiger partial charge < -0.3 is 14.8 Å². The molecular weight excluding hydrogens is 415 g/mol. The maximum Gasteiger partial charge on any atom is 0.417 e. The van der Waals surface area contributed by atoms with Gasteiger partial charge in [0.25, 0.3) is 0 Å². The first kappa shape index (κ1) is 22.1. The molecule has 1 N–H and O–H groups in total. The van der Waals surface area contributed by atoms with Crippen LogP contribution < -0.4 is 10.1 Å². The van der Waals surface area contributed by atoms with Crippen molar-refractivity contribution in [3.63, 3.8) is 0 Å². The lowest BCUT2D eigenvalue weighted by atomic mass is 9.98.